The van der Waals surface area contributed by atoms with Gasteiger partial charge in [0.05, 0.1) is 0 Å². The van der Waals surface area contributed by atoms with Gasteiger partial charge in [-0.25, -0.2) is 13.1 Å². The van der Waals surface area contributed by atoms with Gasteiger partial charge in [0.25, 0.3) is 0 Å². The van der Waals surface area contributed by atoms with Crippen LogP contribution in [0.5, 0.6) is 0 Å². The molecule has 1 aliphatic rings. The van der Waals surface area contributed by atoms with Crippen molar-refractivity contribution >= 4 is 10.0 Å². The number of sulfonamides is 1. The Hall–Kier alpha value is -0.850. The molecule has 0 aliphatic heterocycles. The molecule has 1 aromatic rings. The molecule has 0 saturated heterocycles. The van der Waals surface area contributed by atoms with Crippen molar-refractivity contribution in [2.75, 3.05) is 6.54 Å². The van der Waals surface area contributed by atoms with Gasteiger partial charge in [-0.3, -0.25) is 0 Å². The first-order valence-corrected chi connectivity index (χ1v) is 8.62. The highest BCUT2D eigenvalue weighted by Gasteiger charge is 2.42. The third-order valence-electron chi connectivity index (χ3n) is 4.17. The van der Waals surface area contributed by atoms with Crippen LogP contribution in [0.2, 0.25) is 0 Å². The van der Waals surface area contributed by atoms with Crippen molar-refractivity contribution < 1.29 is 12.8 Å². The van der Waals surface area contributed by atoms with Crippen molar-refractivity contribution in [2.24, 2.45) is 11.1 Å². The molecule has 2 rings (SSSR count). The van der Waals surface area contributed by atoms with Crippen LogP contribution in [-0.4, -0.2) is 15.0 Å². The zero-order valence-corrected chi connectivity index (χ0v) is 13.3. The van der Waals surface area contributed by atoms with Crippen molar-refractivity contribution in [2.45, 2.75) is 57.9 Å². The zero-order valence-electron chi connectivity index (χ0n) is 12.5. The largest absolute Gasteiger partial charge is 0.465 e. The minimum absolute atomic E-state index is 0.166. The van der Waals surface area contributed by atoms with Crippen molar-refractivity contribution in [3.63, 3.8) is 0 Å². The molecule has 0 bridgehead atoms. The molecule has 0 radical (unpaired) electrons. The van der Waals surface area contributed by atoms with Gasteiger partial charge in [0.15, 0.2) is 0 Å². The van der Waals surface area contributed by atoms with Gasteiger partial charge in [-0.15, -0.1) is 0 Å². The van der Waals surface area contributed by atoms with E-state index < -0.39 is 10.0 Å². The summed E-state index contributed by atoms with van der Waals surface area (Å²) in [6, 6.07) is 0. The van der Waals surface area contributed by atoms with Gasteiger partial charge in [0.1, 0.15) is 16.4 Å². The molecule has 1 saturated carbocycles. The molecule has 114 valence electrons. The summed E-state index contributed by atoms with van der Waals surface area (Å²) in [4.78, 5) is 0.227. The Kier molecular flexibility index (Phi) is 4.27. The Morgan fingerprint density at radius 1 is 1.30 bits per heavy atom. The Labute approximate surface area is 121 Å². The van der Waals surface area contributed by atoms with E-state index in [0.717, 1.165) is 25.7 Å². The average molecular weight is 300 g/mol. The summed E-state index contributed by atoms with van der Waals surface area (Å²) in [6.07, 6.45) is 4.37. The summed E-state index contributed by atoms with van der Waals surface area (Å²) in [5.41, 5.74) is 6.41. The molecular formula is C14H24N2O3S. The van der Waals surface area contributed by atoms with Gasteiger partial charge in [0, 0.05) is 18.7 Å². The van der Waals surface area contributed by atoms with E-state index in [1.807, 2.05) is 0 Å². The van der Waals surface area contributed by atoms with Gasteiger partial charge < -0.3 is 10.2 Å². The molecule has 1 fully saturated rings. The van der Waals surface area contributed by atoms with Crippen molar-refractivity contribution in [1.29, 1.82) is 0 Å². The SMILES string of the molecule is CCCC1(CNS(=O)(=O)c2c(C)oc(C)c2CN)CC1. The lowest BCUT2D eigenvalue weighted by molar-refractivity contribution is 0.448. The van der Waals surface area contributed by atoms with Gasteiger partial charge in [0.2, 0.25) is 10.0 Å². The highest BCUT2D eigenvalue weighted by molar-refractivity contribution is 7.89. The van der Waals surface area contributed by atoms with Crippen LogP contribution in [0.25, 0.3) is 0 Å². The predicted molar refractivity (Wildman–Crippen MR) is 77.8 cm³/mol. The quantitative estimate of drug-likeness (QED) is 0.808. The Bertz CT molecular complexity index is 586. The van der Waals surface area contributed by atoms with Crippen molar-refractivity contribution in [1.82, 2.24) is 4.72 Å². The van der Waals surface area contributed by atoms with Crippen LogP contribution in [0.15, 0.2) is 9.31 Å². The Balaban J connectivity index is 2.19. The van der Waals surface area contributed by atoms with E-state index in [1.165, 1.54) is 0 Å². The van der Waals surface area contributed by atoms with E-state index in [1.54, 1.807) is 13.8 Å². The second kappa shape index (κ2) is 5.50. The molecule has 0 spiro atoms. The molecule has 6 heteroatoms. The zero-order chi connectivity index (χ0) is 15.0. The van der Waals surface area contributed by atoms with Crippen LogP contribution in [0.3, 0.4) is 0 Å². The Morgan fingerprint density at radius 2 is 1.95 bits per heavy atom. The van der Waals surface area contributed by atoms with E-state index >= 15 is 0 Å². The molecule has 0 atom stereocenters. The fourth-order valence-electron chi connectivity index (χ4n) is 2.84. The summed E-state index contributed by atoms with van der Waals surface area (Å²) in [6.45, 7) is 6.22. The molecule has 20 heavy (non-hydrogen) atoms. The van der Waals surface area contributed by atoms with E-state index in [-0.39, 0.29) is 16.9 Å². The summed E-state index contributed by atoms with van der Waals surface area (Å²) < 4.78 is 33.2. The van der Waals surface area contributed by atoms with E-state index in [2.05, 4.69) is 11.6 Å². The van der Waals surface area contributed by atoms with Crippen molar-refractivity contribution in [3.8, 4) is 0 Å². The molecule has 0 amide bonds. The number of hydrogen-bond acceptors (Lipinski definition) is 4. The molecule has 1 aliphatic carbocycles. The number of hydrogen-bond donors (Lipinski definition) is 2. The van der Waals surface area contributed by atoms with Gasteiger partial charge in [-0.05, 0) is 38.5 Å². The molecule has 1 heterocycles. The molecular weight excluding hydrogens is 276 g/mol. The van der Waals surface area contributed by atoms with Crippen LogP contribution >= 0.6 is 0 Å². The molecule has 1 aromatic heterocycles. The lowest BCUT2D eigenvalue weighted by Gasteiger charge is -2.15. The first kappa shape index (κ1) is 15.5. The third kappa shape index (κ3) is 2.92. The van der Waals surface area contributed by atoms with Gasteiger partial charge in [-0.1, -0.05) is 13.3 Å². The topological polar surface area (TPSA) is 85.3 Å². The summed E-state index contributed by atoms with van der Waals surface area (Å²) in [5.74, 6) is 0.996. The van der Waals surface area contributed by atoms with Crippen LogP contribution in [0.1, 0.15) is 49.7 Å². The standard InChI is InChI=1S/C14H24N2O3S/c1-4-5-14(6-7-14)9-16-20(17,18)13-11(3)19-10(2)12(13)8-15/h16H,4-9,15H2,1-3H3. The molecule has 5 nitrogen and oxygen atoms in total. The highest BCUT2D eigenvalue weighted by atomic mass is 32.2. The summed E-state index contributed by atoms with van der Waals surface area (Å²) in [7, 11) is -3.55. The monoisotopic (exact) mass is 300 g/mol. The van der Waals surface area contributed by atoms with Crippen LogP contribution < -0.4 is 10.5 Å². The molecule has 0 unspecified atom stereocenters. The van der Waals surface area contributed by atoms with Gasteiger partial charge >= 0.3 is 0 Å². The van der Waals surface area contributed by atoms with E-state index in [0.29, 0.717) is 23.6 Å². The highest BCUT2D eigenvalue weighted by Crippen LogP contribution is 2.49. The summed E-state index contributed by atoms with van der Waals surface area (Å²) >= 11 is 0. The minimum atomic E-state index is -3.55. The van der Waals surface area contributed by atoms with E-state index in [9.17, 15) is 8.42 Å². The van der Waals surface area contributed by atoms with Crippen LogP contribution in [0, 0.1) is 19.3 Å². The van der Waals surface area contributed by atoms with Crippen molar-refractivity contribution in [3.05, 3.63) is 17.1 Å². The number of furan rings is 1. The first-order chi connectivity index (χ1) is 9.35. The second-order valence-electron chi connectivity index (χ2n) is 5.80. The fourth-order valence-corrected chi connectivity index (χ4v) is 4.45. The minimum Gasteiger partial charge on any atom is -0.465 e. The molecule has 0 aromatic carbocycles. The maximum atomic E-state index is 12.5. The van der Waals surface area contributed by atoms with Gasteiger partial charge in [-0.2, -0.15) is 0 Å². The average Bonchev–Trinajstić information content (AvgIpc) is 3.06. The maximum absolute atomic E-state index is 12.5. The van der Waals surface area contributed by atoms with Crippen LogP contribution in [-0.2, 0) is 16.6 Å². The number of rotatable bonds is 7. The number of aryl methyl sites for hydroxylation is 2. The number of nitrogens with one attached hydrogen (secondary N) is 1. The molecule has 3 N–H and O–H groups in total. The first-order valence-electron chi connectivity index (χ1n) is 7.14. The smallest absolute Gasteiger partial charge is 0.244 e. The summed E-state index contributed by atoms with van der Waals surface area (Å²) in [5, 5.41) is 0. The third-order valence-corrected chi connectivity index (χ3v) is 5.77. The normalized spacial score (nSPS) is 17.4. The number of nitrogens with two attached hydrogens (primary N) is 1. The fraction of sp³-hybridized carbons (Fsp3) is 0.714. The lowest BCUT2D eigenvalue weighted by atomic mass is 10.0. The lowest BCUT2D eigenvalue weighted by Crippen LogP contribution is -2.31. The maximum Gasteiger partial charge on any atom is 0.244 e. The van der Waals surface area contributed by atoms with E-state index in [4.69, 9.17) is 10.2 Å². The second-order valence-corrected chi connectivity index (χ2v) is 7.50. The van der Waals surface area contributed by atoms with Crippen LogP contribution in [0.4, 0.5) is 0 Å². The Morgan fingerprint density at radius 3 is 2.45 bits per heavy atom. The predicted octanol–water partition coefficient (Wildman–Crippen LogP) is 2.21.